The first kappa shape index (κ1) is 22.8. The first-order valence-corrected chi connectivity index (χ1v) is 11.6. The van der Waals surface area contributed by atoms with Gasteiger partial charge in [-0.3, -0.25) is 4.79 Å². The van der Waals surface area contributed by atoms with Crippen LogP contribution in [0.1, 0.15) is 56.1 Å². The average molecular weight is 454 g/mol. The molecule has 1 heterocycles. The smallest absolute Gasteiger partial charge is 0.305 e. The fourth-order valence-corrected chi connectivity index (χ4v) is 6.53. The maximum absolute atomic E-state index is 12.4. The molecule has 32 heavy (non-hydrogen) atoms. The van der Waals surface area contributed by atoms with E-state index in [9.17, 15) is 4.79 Å². The van der Waals surface area contributed by atoms with Gasteiger partial charge in [0.25, 0.3) is 0 Å². The molecule has 0 aliphatic heterocycles. The van der Waals surface area contributed by atoms with Gasteiger partial charge in [-0.05, 0) is 79.5 Å². The summed E-state index contributed by atoms with van der Waals surface area (Å²) in [5.74, 6) is 2.92. The molecular weight excluding hydrogens is 422 g/mol. The summed E-state index contributed by atoms with van der Waals surface area (Å²) in [6.07, 6.45) is 10.7. The van der Waals surface area contributed by atoms with E-state index < -0.39 is 0 Å². The Morgan fingerprint density at radius 2 is 2.00 bits per heavy atom. The molecule has 3 aliphatic carbocycles. The quantitative estimate of drug-likeness (QED) is 0.555. The van der Waals surface area contributed by atoms with Gasteiger partial charge in [0.2, 0.25) is 6.54 Å². The third-order valence-corrected chi connectivity index (χ3v) is 8.09. The largest absolute Gasteiger partial charge is 1.00 e. The lowest BCUT2D eigenvalue weighted by atomic mass is 9.55. The molecular formula is C26H32ClN3O2. The molecule has 2 saturated carbocycles. The van der Waals surface area contributed by atoms with Gasteiger partial charge in [0, 0.05) is 23.3 Å². The monoisotopic (exact) mass is 453 g/mol. The van der Waals surface area contributed by atoms with Crippen molar-refractivity contribution >= 4 is 11.6 Å². The number of fused-ring (bicyclic) bond motifs is 5. The van der Waals surface area contributed by atoms with Gasteiger partial charge in [-0.2, -0.15) is 9.67 Å². The Morgan fingerprint density at radius 3 is 2.78 bits per heavy atom. The number of amides is 1. The van der Waals surface area contributed by atoms with Gasteiger partial charge >= 0.3 is 5.91 Å². The molecule has 4 atom stereocenters. The highest BCUT2D eigenvalue weighted by atomic mass is 35.5. The molecule has 0 spiro atoms. The molecule has 0 radical (unpaired) electrons. The highest BCUT2D eigenvalue weighted by molar-refractivity contribution is 5.93. The topological polar surface area (TPSA) is 54.6 Å². The molecule has 6 heteroatoms. The van der Waals surface area contributed by atoms with Crippen molar-refractivity contribution in [3.63, 3.8) is 0 Å². The Hall–Kier alpha value is -2.40. The SMILES string of the molecule is COc1ccc2c(c1)CC[C@@H]1[C@@H]2CC[C@]2(C)/C(=N/NC(=O)C[n+]3ccccc3)CC[C@@H]12.[Cl-]. The third kappa shape index (κ3) is 4.03. The third-order valence-electron chi connectivity index (χ3n) is 8.09. The number of hydrazone groups is 1. The molecule has 1 amide bonds. The van der Waals surface area contributed by atoms with Gasteiger partial charge < -0.3 is 17.1 Å². The van der Waals surface area contributed by atoms with Crippen LogP contribution in [-0.2, 0) is 17.8 Å². The van der Waals surface area contributed by atoms with E-state index in [2.05, 4.69) is 35.7 Å². The minimum absolute atomic E-state index is 0. The van der Waals surface area contributed by atoms with E-state index >= 15 is 0 Å². The lowest BCUT2D eigenvalue weighted by Crippen LogP contribution is -3.00. The van der Waals surface area contributed by atoms with Crippen molar-refractivity contribution in [3.05, 3.63) is 59.9 Å². The van der Waals surface area contributed by atoms with E-state index in [0.29, 0.717) is 24.3 Å². The summed E-state index contributed by atoms with van der Waals surface area (Å²) in [4.78, 5) is 12.4. The number of hydrogen-bond donors (Lipinski definition) is 1. The fraction of sp³-hybridized carbons (Fsp3) is 0.500. The van der Waals surface area contributed by atoms with Crippen LogP contribution >= 0.6 is 0 Å². The molecule has 1 aromatic carbocycles. The molecule has 2 fully saturated rings. The predicted octanol–water partition coefficient (Wildman–Crippen LogP) is 1.02. The predicted molar refractivity (Wildman–Crippen MR) is 120 cm³/mol. The number of carbonyl (C=O) groups is 1. The van der Waals surface area contributed by atoms with Gasteiger partial charge in [0.15, 0.2) is 12.4 Å². The number of nitrogens with zero attached hydrogens (tertiary/aromatic N) is 2. The summed E-state index contributed by atoms with van der Waals surface area (Å²) >= 11 is 0. The Kier molecular flexibility index (Phi) is 6.57. The first-order valence-electron chi connectivity index (χ1n) is 11.6. The van der Waals surface area contributed by atoms with Crippen molar-refractivity contribution in [1.82, 2.24) is 5.43 Å². The highest BCUT2D eigenvalue weighted by Gasteiger charge is 2.53. The number of carbonyl (C=O) groups excluding carboxylic acids is 1. The molecule has 0 saturated heterocycles. The van der Waals surface area contributed by atoms with Gasteiger partial charge in [-0.25, -0.2) is 5.43 Å². The Labute approximate surface area is 196 Å². The van der Waals surface area contributed by atoms with E-state index in [1.807, 2.05) is 35.2 Å². The van der Waals surface area contributed by atoms with Crippen LogP contribution in [-0.4, -0.2) is 18.7 Å². The van der Waals surface area contributed by atoms with Crippen molar-refractivity contribution in [2.75, 3.05) is 7.11 Å². The van der Waals surface area contributed by atoms with E-state index in [-0.39, 0.29) is 23.7 Å². The number of aryl methyl sites for hydroxylation is 1. The normalized spacial score (nSPS) is 29.3. The van der Waals surface area contributed by atoms with Crippen molar-refractivity contribution in [2.45, 2.75) is 57.9 Å². The number of pyridine rings is 1. The van der Waals surface area contributed by atoms with Crippen LogP contribution in [0.5, 0.6) is 5.75 Å². The standard InChI is InChI=1S/C26H31N3O2.ClH/c1-26-13-12-21-20-9-7-19(31-2)16-18(20)6-8-22(21)23(26)10-11-24(26)27-28-25(30)17-29-14-4-3-5-15-29;/h3-5,7,9,14-16,21-23H,6,8,10-13,17H2,1-2H3;1H/b27-24+;/t21-,22-,23+,26+;/m1./s1. The number of hydrogen-bond acceptors (Lipinski definition) is 3. The summed E-state index contributed by atoms with van der Waals surface area (Å²) in [6, 6.07) is 12.5. The van der Waals surface area contributed by atoms with E-state index in [1.165, 1.54) is 36.1 Å². The number of methoxy groups -OCH3 is 1. The van der Waals surface area contributed by atoms with Gasteiger partial charge in [-0.15, -0.1) is 0 Å². The van der Waals surface area contributed by atoms with Crippen LogP contribution in [0.4, 0.5) is 0 Å². The van der Waals surface area contributed by atoms with Crippen LogP contribution in [0.25, 0.3) is 0 Å². The summed E-state index contributed by atoms with van der Waals surface area (Å²) in [5.41, 5.74) is 7.17. The number of ether oxygens (including phenoxy) is 1. The second kappa shape index (κ2) is 9.22. The lowest BCUT2D eigenvalue weighted by Gasteiger charge is -2.49. The molecule has 5 nitrogen and oxygen atoms in total. The van der Waals surface area contributed by atoms with E-state index in [4.69, 9.17) is 4.74 Å². The maximum Gasteiger partial charge on any atom is 0.305 e. The summed E-state index contributed by atoms with van der Waals surface area (Å²) in [6.45, 7) is 2.68. The number of nitrogens with one attached hydrogen (secondary N) is 1. The first-order chi connectivity index (χ1) is 15.1. The molecule has 1 N–H and O–H groups in total. The van der Waals surface area contributed by atoms with Gasteiger partial charge in [-0.1, -0.05) is 19.1 Å². The zero-order chi connectivity index (χ0) is 21.4. The Morgan fingerprint density at radius 1 is 1.19 bits per heavy atom. The number of benzene rings is 1. The highest BCUT2D eigenvalue weighted by Crippen LogP contribution is 2.59. The zero-order valence-electron chi connectivity index (χ0n) is 18.9. The second-order valence-corrected chi connectivity index (χ2v) is 9.62. The molecule has 5 rings (SSSR count). The minimum Gasteiger partial charge on any atom is -1.00 e. The van der Waals surface area contributed by atoms with E-state index in [0.717, 1.165) is 25.0 Å². The lowest BCUT2D eigenvalue weighted by molar-refractivity contribution is -0.684. The fourth-order valence-electron chi connectivity index (χ4n) is 6.53. The van der Waals surface area contributed by atoms with Crippen LogP contribution in [0.2, 0.25) is 0 Å². The van der Waals surface area contributed by atoms with Crippen LogP contribution in [0.15, 0.2) is 53.9 Å². The van der Waals surface area contributed by atoms with Crippen molar-refractivity contribution < 1.29 is 26.5 Å². The minimum atomic E-state index is -0.0648. The molecule has 0 unspecified atom stereocenters. The number of aromatic nitrogens is 1. The van der Waals surface area contributed by atoms with Crippen molar-refractivity contribution in [3.8, 4) is 5.75 Å². The average Bonchev–Trinajstić information content (AvgIpc) is 3.14. The molecule has 0 bridgehead atoms. The van der Waals surface area contributed by atoms with Gasteiger partial charge in [0.05, 0.1) is 7.11 Å². The van der Waals surface area contributed by atoms with Crippen LogP contribution in [0.3, 0.4) is 0 Å². The van der Waals surface area contributed by atoms with Crippen molar-refractivity contribution in [1.29, 1.82) is 0 Å². The maximum atomic E-state index is 12.4. The molecule has 170 valence electrons. The second-order valence-electron chi connectivity index (χ2n) is 9.62. The Bertz CT molecular complexity index is 1010. The van der Waals surface area contributed by atoms with Crippen molar-refractivity contribution in [2.24, 2.45) is 22.4 Å². The summed E-state index contributed by atoms with van der Waals surface area (Å²) in [7, 11) is 1.75. The van der Waals surface area contributed by atoms with Crippen LogP contribution < -0.4 is 27.1 Å². The zero-order valence-corrected chi connectivity index (χ0v) is 19.6. The van der Waals surface area contributed by atoms with Crippen LogP contribution in [0, 0.1) is 17.3 Å². The summed E-state index contributed by atoms with van der Waals surface area (Å²) < 4.78 is 7.32. The molecule has 2 aromatic rings. The summed E-state index contributed by atoms with van der Waals surface area (Å²) in [5, 5.41) is 4.67. The molecule has 1 aromatic heterocycles. The van der Waals surface area contributed by atoms with E-state index in [1.54, 1.807) is 7.11 Å². The number of rotatable bonds is 4. The molecule has 3 aliphatic rings. The Balaban J connectivity index is 0.00000245. The number of halogens is 1. The van der Waals surface area contributed by atoms with Gasteiger partial charge in [0.1, 0.15) is 5.75 Å².